The van der Waals surface area contributed by atoms with Crippen LogP contribution in [0.2, 0.25) is 0 Å². The summed E-state index contributed by atoms with van der Waals surface area (Å²) in [5.41, 5.74) is 1.09. The number of para-hydroxylation sites is 1. The van der Waals surface area contributed by atoms with Crippen molar-refractivity contribution in [2.75, 3.05) is 53.1 Å². The molecule has 0 spiro atoms. The molecule has 2 aliphatic rings. The van der Waals surface area contributed by atoms with Gasteiger partial charge in [-0.3, -0.25) is 9.80 Å². The van der Waals surface area contributed by atoms with Gasteiger partial charge in [0.25, 0.3) is 0 Å². The van der Waals surface area contributed by atoms with Gasteiger partial charge in [0.2, 0.25) is 0 Å². The Labute approximate surface area is 231 Å². The molecule has 0 atom stereocenters. The van der Waals surface area contributed by atoms with E-state index in [1.54, 1.807) is 24.3 Å². The number of hydrogen-bond acceptors (Lipinski definition) is 7. The Kier molecular flexibility index (Phi) is 8.58. The number of ether oxygens (including phenoxy) is 3. The summed E-state index contributed by atoms with van der Waals surface area (Å²) in [4.78, 5) is 22.9. The highest BCUT2D eigenvalue weighted by molar-refractivity contribution is 6.07. The van der Waals surface area contributed by atoms with Crippen LogP contribution in [-0.2, 0) is 22.2 Å². The molecule has 0 radical (unpaired) electrons. The van der Waals surface area contributed by atoms with Crippen LogP contribution in [0.3, 0.4) is 0 Å². The van der Waals surface area contributed by atoms with Crippen molar-refractivity contribution in [3.63, 3.8) is 0 Å². The highest BCUT2D eigenvalue weighted by Crippen LogP contribution is 2.38. The average Bonchev–Trinajstić information content (AvgIpc) is 2.97. The Morgan fingerprint density at radius 2 is 1.80 bits per heavy atom. The second kappa shape index (κ2) is 12.1. The molecule has 2 fully saturated rings. The molecule has 0 amide bonds. The SMILES string of the molecule is CCOc1cccc2c(C(=O)OC)c(CN3CCC(N4CCOCC4)CC3)c(-c3cccc(C(F)(F)F)c3)nc12. The second-order valence-corrected chi connectivity index (χ2v) is 10.1. The quantitative estimate of drug-likeness (QED) is 0.361. The first kappa shape index (κ1) is 28.3. The Hall–Kier alpha value is -3.21. The summed E-state index contributed by atoms with van der Waals surface area (Å²) in [7, 11) is 1.31. The van der Waals surface area contributed by atoms with E-state index >= 15 is 0 Å². The van der Waals surface area contributed by atoms with E-state index < -0.39 is 17.7 Å². The van der Waals surface area contributed by atoms with Crippen molar-refractivity contribution in [3.8, 4) is 17.0 Å². The molecule has 2 aromatic carbocycles. The van der Waals surface area contributed by atoms with Gasteiger partial charge in [-0.25, -0.2) is 9.78 Å². The number of likely N-dealkylation sites (tertiary alicyclic amines) is 1. The number of piperidine rings is 1. The van der Waals surface area contributed by atoms with Gasteiger partial charge in [-0.1, -0.05) is 24.3 Å². The smallest absolute Gasteiger partial charge is 0.416 e. The van der Waals surface area contributed by atoms with E-state index in [1.807, 2.05) is 6.92 Å². The summed E-state index contributed by atoms with van der Waals surface area (Å²) >= 11 is 0. The van der Waals surface area contributed by atoms with Gasteiger partial charge >= 0.3 is 12.1 Å². The molecular formula is C30H34F3N3O4. The van der Waals surface area contributed by atoms with Crippen LogP contribution in [-0.4, -0.2) is 79.9 Å². The molecule has 7 nitrogen and oxygen atoms in total. The van der Waals surface area contributed by atoms with E-state index in [2.05, 4.69) is 9.80 Å². The van der Waals surface area contributed by atoms with Gasteiger partial charge in [0, 0.05) is 42.2 Å². The van der Waals surface area contributed by atoms with Gasteiger partial charge in [-0.05, 0) is 51.1 Å². The lowest BCUT2D eigenvalue weighted by Gasteiger charge is -2.40. The zero-order chi connectivity index (χ0) is 28.3. The Bertz CT molecular complexity index is 1350. The van der Waals surface area contributed by atoms with Gasteiger partial charge in [0.15, 0.2) is 0 Å². The van der Waals surface area contributed by atoms with Crippen molar-refractivity contribution in [2.45, 2.75) is 38.5 Å². The topological polar surface area (TPSA) is 64.1 Å². The minimum absolute atomic E-state index is 0.284. The molecule has 3 aromatic rings. The summed E-state index contributed by atoms with van der Waals surface area (Å²) in [6.07, 6.45) is -2.60. The van der Waals surface area contributed by atoms with Crippen LogP contribution >= 0.6 is 0 Å². The van der Waals surface area contributed by atoms with Crippen molar-refractivity contribution in [3.05, 3.63) is 59.2 Å². The first-order valence-corrected chi connectivity index (χ1v) is 13.7. The highest BCUT2D eigenvalue weighted by Gasteiger charge is 2.32. The number of hydrogen-bond donors (Lipinski definition) is 0. The number of nitrogens with zero attached hydrogens (tertiary/aromatic N) is 3. The van der Waals surface area contributed by atoms with Crippen molar-refractivity contribution < 1.29 is 32.2 Å². The molecule has 2 saturated heterocycles. The van der Waals surface area contributed by atoms with Crippen LogP contribution in [0.25, 0.3) is 22.2 Å². The monoisotopic (exact) mass is 557 g/mol. The lowest BCUT2D eigenvalue weighted by molar-refractivity contribution is -0.137. The minimum Gasteiger partial charge on any atom is -0.492 e. The van der Waals surface area contributed by atoms with Crippen molar-refractivity contribution >= 4 is 16.9 Å². The zero-order valence-corrected chi connectivity index (χ0v) is 22.8. The fraction of sp³-hybridized carbons (Fsp3) is 0.467. The Balaban J connectivity index is 1.60. The number of halogens is 3. The normalized spacial score (nSPS) is 17.7. The third kappa shape index (κ3) is 5.94. The lowest BCUT2D eigenvalue weighted by Crippen LogP contribution is -2.48. The molecule has 2 aliphatic heterocycles. The highest BCUT2D eigenvalue weighted by atomic mass is 19.4. The molecule has 3 heterocycles. The first-order chi connectivity index (χ1) is 19.3. The van der Waals surface area contributed by atoms with E-state index in [0.717, 1.165) is 64.4 Å². The first-order valence-electron chi connectivity index (χ1n) is 13.7. The van der Waals surface area contributed by atoms with E-state index in [1.165, 1.54) is 13.2 Å². The summed E-state index contributed by atoms with van der Waals surface area (Å²) in [5, 5.41) is 0.548. The molecule has 0 unspecified atom stereocenters. The Morgan fingerprint density at radius 3 is 2.48 bits per heavy atom. The second-order valence-electron chi connectivity index (χ2n) is 10.1. The van der Waals surface area contributed by atoms with Crippen molar-refractivity contribution in [2.24, 2.45) is 0 Å². The summed E-state index contributed by atoms with van der Waals surface area (Å²) < 4.78 is 57.6. The number of esters is 1. The van der Waals surface area contributed by atoms with Crippen molar-refractivity contribution in [1.82, 2.24) is 14.8 Å². The fourth-order valence-corrected chi connectivity index (χ4v) is 5.75. The number of rotatable bonds is 7. The molecule has 0 bridgehead atoms. The molecule has 40 heavy (non-hydrogen) atoms. The predicted molar refractivity (Wildman–Crippen MR) is 145 cm³/mol. The van der Waals surface area contributed by atoms with Gasteiger partial charge in [0.05, 0.1) is 43.8 Å². The molecule has 0 N–H and O–H groups in total. The van der Waals surface area contributed by atoms with Crippen LogP contribution in [0, 0.1) is 0 Å². The van der Waals surface area contributed by atoms with Crippen LogP contribution in [0.5, 0.6) is 5.75 Å². The number of morpholine rings is 1. The predicted octanol–water partition coefficient (Wildman–Crippen LogP) is 5.40. The van der Waals surface area contributed by atoms with E-state index in [4.69, 9.17) is 19.2 Å². The Morgan fingerprint density at radius 1 is 1.07 bits per heavy atom. The van der Waals surface area contributed by atoms with Crippen LogP contribution < -0.4 is 4.74 Å². The molecule has 1 aromatic heterocycles. The summed E-state index contributed by atoms with van der Waals surface area (Å²) in [6.45, 7) is 7.49. The molecular weight excluding hydrogens is 523 g/mol. The maximum atomic E-state index is 13.7. The molecule has 0 aliphatic carbocycles. The number of benzene rings is 2. The molecule has 10 heteroatoms. The average molecular weight is 558 g/mol. The number of aromatic nitrogens is 1. The zero-order valence-electron chi connectivity index (χ0n) is 22.8. The number of carbonyl (C=O) groups is 1. The number of methoxy groups -OCH3 is 1. The number of alkyl halides is 3. The maximum Gasteiger partial charge on any atom is 0.416 e. The van der Waals surface area contributed by atoms with Crippen LogP contribution in [0.1, 0.15) is 41.3 Å². The van der Waals surface area contributed by atoms with Gasteiger partial charge in [-0.15, -0.1) is 0 Å². The number of pyridine rings is 1. The van der Waals surface area contributed by atoms with Gasteiger partial charge in [-0.2, -0.15) is 13.2 Å². The summed E-state index contributed by atoms with van der Waals surface area (Å²) in [5.74, 6) is -0.108. The standard InChI is InChI=1S/C30H34F3N3O4/c1-3-40-25-9-5-8-23-26(29(37)38-2)24(19-35-12-10-22(11-13-35)36-14-16-39-17-15-36)27(34-28(23)25)20-6-4-7-21(18-20)30(31,32)33/h4-9,18,22H,3,10-17,19H2,1-2H3. The van der Waals surface area contributed by atoms with Crippen LogP contribution in [0.4, 0.5) is 13.2 Å². The molecule has 5 rings (SSSR count). The van der Waals surface area contributed by atoms with E-state index in [0.29, 0.717) is 52.7 Å². The largest absolute Gasteiger partial charge is 0.492 e. The van der Waals surface area contributed by atoms with Gasteiger partial charge in [0.1, 0.15) is 11.3 Å². The van der Waals surface area contributed by atoms with E-state index in [9.17, 15) is 18.0 Å². The van der Waals surface area contributed by atoms with E-state index in [-0.39, 0.29) is 5.56 Å². The fourth-order valence-electron chi connectivity index (χ4n) is 5.75. The van der Waals surface area contributed by atoms with Gasteiger partial charge < -0.3 is 14.2 Å². The summed E-state index contributed by atoms with van der Waals surface area (Å²) in [6, 6.07) is 10.9. The molecule has 0 saturated carbocycles. The third-order valence-electron chi connectivity index (χ3n) is 7.73. The van der Waals surface area contributed by atoms with Crippen LogP contribution in [0.15, 0.2) is 42.5 Å². The minimum atomic E-state index is -4.52. The molecule has 214 valence electrons. The lowest BCUT2D eigenvalue weighted by atomic mass is 9.94. The maximum absolute atomic E-state index is 13.7. The van der Waals surface area contributed by atoms with Crippen molar-refractivity contribution in [1.29, 1.82) is 0 Å². The third-order valence-corrected chi connectivity index (χ3v) is 7.73. The number of carbonyl (C=O) groups excluding carboxylic acids is 1. The number of fused-ring (bicyclic) bond motifs is 1.